The second kappa shape index (κ2) is 6.62. The number of carbonyl (C=O) groups excluding carboxylic acids is 1. The fourth-order valence-electron chi connectivity index (χ4n) is 1.64. The number of amides is 1. The van der Waals surface area contributed by atoms with Crippen molar-refractivity contribution in [2.24, 2.45) is 5.92 Å². The summed E-state index contributed by atoms with van der Waals surface area (Å²) < 4.78 is 0. The van der Waals surface area contributed by atoms with Gasteiger partial charge in [-0.3, -0.25) is 4.79 Å². The second-order valence-corrected chi connectivity index (χ2v) is 4.49. The number of rotatable bonds is 5. The Morgan fingerprint density at radius 3 is 2.82 bits per heavy atom. The van der Waals surface area contributed by atoms with Crippen LogP contribution in [0.4, 0.5) is 5.69 Å². The summed E-state index contributed by atoms with van der Waals surface area (Å²) in [6.45, 7) is 3.40. The minimum atomic E-state index is 0. The lowest BCUT2D eigenvalue weighted by molar-refractivity contribution is -0.115. The Bertz CT molecular complexity index is 377. The molecule has 94 valence electrons. The van der Waals surface area contributed by atoms with E-state index < -0.39 is 0 Å². The zero-order valence-electron chi connectivity index (χ0n) is 10.0. The molecule has 0 atom stereocenters. The van der Waals surface area contributed by atoms with Crippen molar-refractivity contribution in [1.29, 1.82) is 0 Å². The van der Waals surface area contributed by atoms with Gasteiger partial charge in [0, 0.05) is 5.69 Å². The molecule has 0 spiro atoms. The van der Waals surface area contributed by atoms with E-state index in [1.807, 2.05) is 31.2 Å². The summed E-state index contributed by atoms with van der Waals surface area (Å²) in [7, 11) is 0. The zero-order chi connectivity index (χ0) is 11.4. The second-order valence-electron chi connectivity index (χ2n) is 4.49. The van der Waals surface area contributed by atoms with Gasteiger partial charge >= 0.3 is 0 Å². The van der Waals surface area contributed by atoms with Crippen LogP contribution in [0.3, 0.4) is 0 Å². The molecule has 1 saturated carbocycles. The monoisotopic (exact) mass is 254 g/mol. The lowest BCUT2D eigenvalue weighted by atomic mass is 10.2. The SMILES string of the molecule is Cc1cccc(NC(=O)CNCC2CC2)c1.Cl. The van der Waals surface area contributed by atoms with Gasteiger partial charge < -0.3 is 10.6 Å². The number of hydrogen-bond acceptors (Lipinski definition) is 2. The van der Waals surface area contributed by atoms with E-state index in [0.717, 1.165) is 23.7 Å². The minimum Gasteiger partial charge on any atom is -0.325 e. The van der Waals surface area contributed by atoms with Crippen molar-refractivity contribution in [1.82, 2.24) is 5.32 Å². The molecule has 0 bridgehead atoms. The highest BCUT2D eigenvalue weighted by Gasteiger charge is 2.20. The van der Waals surface area contributed by atoms with Crippen LogP contribution in [0.1, 0.15) is 18.4 Å². The van der Waals surface area contributed by atoms with Crippen molar-refractivity contribution in [2.45, 2.75) is 19.8 Å². The molecule has 4 heteroatoms. The van der Waals surface area contributed by atoms with Crippen molar-refractivity contribution >= 4 is 24.0 Å². The van der Waals surface area contributed by atoms with Gasteiger partial charge in [0.05, 0.1) is 6.54 Å². The first kappa shape index (κ1) is 14.0. The highest BCUT2D eigenvalue weighted by atomic mass is 35.5. The van der Waals surface area contributed by atoms with E-state index in [9.17, 15) is 4.79 Å². The molecule has 0 aliphatic heterocycles. The third-order valence-corrected chi connectivity index (χ3v) is 2.72. The van der Waals surface area contributed by atoms with E-state index in [0.29, 0.717) is 6.54 Å². The number of carbonyl (C=O) groups is 1. The van der Waals surface area contributed by atoms with Crippen LogP contribution in [0.15, 0.2) is 24.3 Å². The maximum absolute atomic E-state index is 11.6. The molecule has 1 aliphatic rings. The van der Waals surface area contributed by atoms with Crippen molar-refractivity contribution < 1.29 is 4.79 Å². The van der Waals surface area contributed by atoms with E-state index in [1.165, 1.54) is 12.8 Å². The molecule has 1 aliphatic carbocycles. The van der Waals surface area contributed by atoms with E-state index in [1.54, 1.807) is 0 Å². The lowest BCUT2D eigenvalue weighted by Gasteiger charge is -2.06. The summed E-state index contributed by atoms with van der Waals surface area (Å²) >= 11 is 0. The van der Waals surface area contributed by atoms with Gasteiger partial charge in [0.2, 0.25) is 5.91 Å². The Labute approximate surface area is 108 Å². The number of nitrogens with one attached hydrogen (secondary N) is 2. The molecule has 3 nitrogen and oxygen atoms in total. The van der Waals surface area contributed by atoms with Crippen LogP contribution in [0.5, 0.6) is 0 Å². The van der Waals surface area contributed by atoms with E-state index in [-0.39, 0.29) is 18.3 Å². The normalized spacial score (nSPS) is 13.9. The first-order valence-electron chi connectivity index (χ1n) is 5.81. The Hall–Kier alpha value is -1.06. The van der Waals surface area contributed by atoms with Crippen molar-refractivity contribution in [3.05, 3.63) is 29.8 Å². The molecule has 2 rings (SSSR count). The van der Waals surface area contributed by atoms with E-state index in [4.69, 9.17) is 0 Å². The summed E-state index contributed by atoms with van der Waals surface area (Å²) in [4.78, 5) is 11.6. The van der Waals surface area contributed by atoms with Crippen LogP contribution < -0.4 is 10.6 Å². The number of aryl methyl sites for hydroxylation is 1. The Morgan fingerprint density at radius 1 is 1.41 bits per heavy atom. The molecular formula is C13H19ClN2O. The number of hydrogen-bond donors (Lipinski definition) is 2. The number of halogens is 1. The van der Waals surface area contributed by atoms with Crippen LogP contribution >= 0.6 is 12.4 Å². The van der Waals surface area contributed by atoms with Gasteiger partial charge in [-0.15, -0.1) is 12.4 Å². The average Bonchev–Trinajstić information content (AvgIpc) is 3.01. The quantitative estimate of drug-likeness (QED) is 0.847. The predicted molar refractivity (Wildman–Crippen MR) is 72.7 cm³/mol. The molecule has 17 heavy (non-hydrogen) atoms. The molecule has 0 heterocycles. The van der Waals surface area contributed by atoms with Crippen molar-refractivity contribution in [2.75, 3.05) is 18.4 Å². The maximum Gasteiger partial charge on any atom is 0.238 e. The average molecular weight is 255 g/mol. The molecule has 1 aromatic rings. The minimum absolute atomic E-state index is 0. The number of benzene rings is 1. The molecule has 0 unspecified atom stereocenters. The van der Waals surface area contributed by atoms with Gasteiger partial charge in [0.25, 0.3) is 0 Å². The maximum atomic E-state index is 11.6. The molecule has 1 fully saturated rings. The van der Waals surface area contributed by atoms with Crippen LogP contribution in [0.2, 0.25) is 0 Å². The highest BCUT2D eigenvalue weighted by Crippen LogP contribution is 2.27. The van der Waals surface area contributed by atoms with Gasteiger partial charge in [0.15, 0.2) is 0 Å². The largest absolute Gasteiger partial charge is 0.325 e. The lowest BCUT2D eigenvalue weighted by Crippen LogP contribution is -2.29. The standard InChI is InChI=1S/C13H18N2O.ClH/c1-10-3-2-4-12(7-10)15-13(16)9-14-8-11-5-6-11;/h2-4,7,11,14H,5-6,8-9H2,1H3,(H,15,16);1H. The summed E-state index contributed by atoms with van der Waals surface area (Å²) in [5.41, 5.74) is 2.03. The topological polar surface area (TPSA) is 41.1 Å². The summed E-state index contributed by atoms with van der Waals surface area (Å²) in [5, 5.41) is 6.05. The summed E-state index contributed by atoms with van der Waals surface area (Å²) in [6.07, 6.45) is 2.62. The van der Waals surface area contributed by atoms with Gasteiger partial charge in [-0.05, 0) is 49.9 Å². The Balaban J connectivity index is 0.00000144. The predicted octanol–water partition coefficient (Wildman–Crippen LogP) is 2.35. The molecule has 1 amide bonds. The Morgan fingerprint density at radius 2 is 2.18 bits per heavy atom. The first-order chi connectivity index (χ1) is 7.74. The van der Waals surface area contributed by atoms with E-state index in [2.05, 4.69) is 10.6 Å². The van der Waals surface area contributed by atoms with Crippen LogP contribution in [-0.2, 0) is 4.79 Å². The van der Waals surface area contributed by atoms with Crippen LogP contribution in [-0.4, -0.2) is 19.0 Å². The highest BCUT2D eigenvalue weighted by molar-refractivity contribution is 5.92. The zero-order valence-corrected chi connectivity index (χ0v) is 10.8. The first-order valence-corrected chi connectivity index (χ1v) is 5.81. The molecule has 2 N–H and O–H groups in total. The molecular weight excluding hydrogens is 236 g/mol. The van der Waals surface area contributed by atoms with Crippen molar-refractivity contribution in [3.63, 3.8) is 0 Å². The van der Waals surface area contributed by atoms with Crippen LogP contribution in [0, 0.1) is 12.8 Å². The van der Waals surface area contributed by atoms with Crippen molar-refractivity contribution in [3.8, 4) is 0 Å². The van der Waals surface area contributed by atoms with Gasteiger partial charge in [0.1, 0.15) is 0 Å². The molecule has 0 saturated heterocycles. The smallest absolute Gasteiger partial charge is 0.238 e. The third-order valence-electron chi connectivity index (χ3n) is 2.72. The molecule has 0 aromatic heterocycles. The number of anilines is 1. The fraction of sp³-hybridized carbons (Fsp3) is 0.462. The molecule has 0 radical (unpaired) electrons. The van der Waals surface area contributed by atoms with Gasteiger partial charge in [-0.1, -0.05) is 12.1 Å². The third kappa shape index (κ3) is 5.20. The summed E-state index contributed by atoms with van der Waals surface area (Å²) in [5.74, 6) is 0.845. The van der Waals surface area contributed by atoms with Gasteiger partial charge in [-0.25, -0.2) is 0 Å². The van der Waals surface area contributed by atoms with Crippen LogP contribution in [0.25, 0.3) is 0 Å². The van der Waals surface area contributed by atoms with E-state index >= 15 is 0 Å². The molecule has 1 aromatic carbocycles. The Kier molecular flexibility index (Phi) is 5.45. The summed E-state index contributed by atoms with van der Waals surface area (Å²) in [6, 6.07) is 7.84. The van der Waals surface area contributed by atoms with Gasteiger partial charge in [-0.2, -0.15) is 0 Å². The fourth-order valence-corrected chi connectivity index (χ4v) is 1.64.